The first-order chi connectivity index (χ1) is 17.0. The fraction of sp³-hybridized carbons (Fsp3) is 0.483. The van der Waals surface area contributed by atoms with Gasteiger partial charge >= 0.3 is 0 Å². The molecule has 0 spiro atoms. The molecule has 1 unspecified atom stereocenters. The second-order valence-electron chi connectivity index (χ2n) is 7.82. The van der Waals surface area contributed by atoms with E-state index < -0.39 is 0 Å². The molecule has 2 aromatic heterocycles. The topological polar surface area (TPSA) is 59.8 Å². The molecule has 0 aliphatic rings. The molecule has 192 valence electrons. The first-order valence-electron chi connectivity index (χ1n) is 13.1. The maximum Gasteiger partial charge on any atom is 0.251 e. The Hall–Kier alpha value is -2.66. The lowest BCUT2D eigenvalue weighted by molar-refractivity contribution is 0.549. The molecule has 1 atom stereocenters. The summed E-state index contributed by atoms with van der Waals surface area (Å²) in [7, 11) is 0. The summed E-state index contributed by atoms with van der Waals surface area (Å²) in [5.41, 5.74) is 2.49. The van der Waals surface area contributed by atoms with E-state index in [1.54, 1.807) is 16.8 Å². The van der Waals surface area contributed by atoms with Gasteiger partial charge in [0.1, 0.15) is 0 Å². The number of aromatic nitrogens is 3. The molecule has 2 heterocycles. The zero-order valence-electron chi connectivity index (χ0n) is 22.5. The standard InChI is InChI=1S/C25H31ClN4O.2C2H6/c1-4-8-21(9-5-2)28-25-27-14-12-22(29-25)18-13-15-30(24(31)17-18)23(6-3)19-10-7-11-20(26)16-19;2*1-2/h7,10-17,21,23H,4-6,8-9H2,1-3H3,(H,27,28,29);2*1-2H3. The van der Waals surface area contributed by atoms with Crippen LogP contribution in [0.1, 0.15) is 92.2 Å². The van der Waals surface area contributed by atoms with Gasteiger partial charge in [-0.3, -0.25) is 4.79 Å². The van der Waals surface area contributed by atoms with Crippen LogP contribution in [-0.4, -0.2) is 20.6 Å². The number of pyridine rings is 1. The lowest BCUT2D eigenvalue weighted by Gasteiger charge is -2.19. The Bertz CT molecular complexity index is 1040. The maximum atomic E-state index is 13.0. The first kappa shape index (κ1) is 30.4. The zero-order chi connectivity index (χ0) is 26.2. The number of hydrogen-bond acceptors (Lipinski definition) is 4. The minimum absolute atomic E-state index is 0.0627. The molecule has 0 bridgehead atoms. The van der Waals surface area contributed by atoms with Gasteiger partial charge in [-0.2, -0.15) is 0 Å². The SMILES string of the molecule is CC.CC.CCCC(CCC)Nc1nccc(-c2ccn(C(CC)c3cccc(Cl)c3)c(=O)c2)n1. The summed E-state index contributed by atoms with van der Waals surface area (Å²) in [6.07, 6.45) is 8.77. The van der Waals surface area contributed by atoms with E-state index in [0.29, 0.717) is 17.0 Å². The van der Waals surface area contributed by atoms with Gasteiger partial charge in [0.05, 0.1) is 11.7 Å². The number of halogens is 1. The first-order valence-corrected chi connectivity index (χ1v) is 13.5. The number of rotatable bonds is 10. The van der Waals surface area contributed by atoms with Crippen LogP contribution in [0.3, 0.4) is 0 Å². The quantitative estimate of drug-likeness (QED) is 0.305. The molecule has 0 aliphatic heterocycles. The second-order valence-corrected chi connectivity index (χ2v) is 8.26. The highest BCUT2D eigenvalue weighted by molar-refractivity contribution is 6.30. The van der Waals surface area contributed by atoms with E-state index in [1.165, 1.54) is 0 Å². The van der Waals surface area contributed by atoms with E-state index in [0.717, 1.165) is 48.9 Å². The van der Waals surface area contributed by atoms with Gasteiger partial charge in [-0.1, -0.05) is 85.0 Å². The summed E-state index contributed by atoms with van der Waals surface area (Å²) in [6.45, 7) is 14.4. The fourth-order valence-electron chi connectivity index (χ4n) is 3.97. The minimum atomic E-state index is -0.0632. The lowest BCUT2D eigenvalue weighted by Crippen LogP contribution is -2.24. The van der Waals surface area contributed by atoms with Gasteiger partial charge in [-0.05, 0) is 49.1 Å². The predicted molar refractivity (Wildman–Crippen MR) is 152 cm³/mol. The molecule has 0 fully saturated rings. The van der Waals surface area contributed by atoms with Gasteiger partial charge in [0.2, 0.25) is 5.95 Å². The molecule has 5 nitrogen and oxygen atoms in total. The Morgan fingerprint density at radius 3 is 2.23 bits per heavy atom. The molecular formula is C29H43ClN4O. The van der Waals surface area contributed by atoms with Crippen LogP contribution >= 0.6 is 11.6 Å². The van der Waals surface area contributed by atoms with E-state index in [-0.39, 0.29) is 11.6 Å². The van der Waals surface area contributed by atoms with Crippen molar-refractivity contribution in [3.63, 3.8) is 0 Å². The maximum absolute atomic E-state index is 13.0. The molecule has 0 aliphatic carbocycles. The molecule has 0 radical (unpaired) electrons. The summed E-state index contributed by atoms with van der Waals surface area (Å²) in [6, 6.07) is 13.4. The summed E-state index contributed by atoms with van der Waals surface area (Å²) >= 11 is 6.16. The Balaban J connectivity index is 0.00000145. The molecule has 3 aromatic rings. The van der Waals surface area contributed by atoms with Crippen molar-refractivity contribution in [1.82, 2.24) is 14.5 Å². The van der Waals surface area contributed by atoms with Gasteiger partial charge in [0.15, 0.2) is 0 Å². The summed E-state index contributed by atoms with van der Waals surface area (Å²) in [4.78, 5) is 22.0. The van der Waals surface area contributed by atoms with E-state index in [9.17, 15) is 4.79 Å². The molecule has 3 rings (SSSR count). The number of hydrogen-bond donors (Lipinski definition) is 1. The minimum Gasteiger partial charge on any atom is -0.351 e. The van der Waals surface area contributed by atoms with Crippen LogP contribution in [0.15, 0.2) is 59.7 Å². The van der Waals surface area contributed by atoms with Crippen molar-refractivity contribution in [2.45, 2.75) is 92.7 Å². The van der Waals surface area contributed by atoms with Gasteiger partial charge in [-0.25, -0.2) is 9.97 Å². The van der Waals surface area contributed by atoms with Crippen LogP contribution in [0.5, 0.6) is 0 Å². The Morgan fingerprint density at radius 2 is 1.66 bits per heavy atom. The number of anilines is 1. The number of nitrogens with one attached hydrogen (secondary N) is 1. The van der Waals surface area contributed by atoms with Crippen molar-refractivity contribution >= 4 is 17.5 Å². The highest BCUT2D eigenvalue weighted by atomic mass is 35.5. The van der Waals surface area contributed by atoms with E-state index in [1.807, 2.05) is 70.3 Å². The third-order valence-electron chi connectivity index (χ3n) is 5.46. The molecule has 1 aromatic carbocycles. The highest BCUT2D eigenvalue weighted by Gasteiger charge is 2.15. The summed E-state index contributed by atoms with van der Waals surface area (Å²) < 4.78 is 1.76. The molecule has 35 heavy (non-hydrogen) atoms. The zero-order valence-corrected chi connectivity index (χ0v) is 23.3. The average molecular weight is 499 g/mol. The van der Waals surface area contributed by atoms with Crippen molar-refractivity contribution in [2.24, 2.45) is 0 Å². The van der Waals surface area contributed by atoms with Gasteiger partial charge in [0, 0.05) is 35.1 Å². The highest BCUT2D eigenvalue weighted by Crippen LogP contribution is 2.24. The molecule has 6 heteroatoms. The van der Waals surface area contributed by atoms with Crippen molar-refractivity contribution < 1.29 is 0 Å². The normalized spacial score (nSPS) is 11.1. The summed E-state index contributed by atoms with van der Waals surface area (Å²) in [5.74, 6) is 0.610. The van der Waals surface area contributed by atoms with Crippen molar-refractivity contribution in [1.29, 1.82) is 0 Å². The lowest BCUT2D eigenvalue weighted by atomic mass is 10.0. The Kier molecular flexibility index (Phi) is 14.6. The Labute approximate surface area is 217 Å². The molecule has 0 amide bonds. The van der Waals surface area contributed by atoms with Gasteiger partial charge in [0.25, 0.3) is 5.56 Å². The number of nitrogens with zero attached hydrogens (tertiary/aromatic N) is 3. The molecular weight excluding hydrogens is 456 g/mol. The van der Waals surface area contributed by atoms with Crippen LogP contribution in [0.2, 0.25) is 5.02 Å². The third-order valence-corrected chi connectivity index (χ3v) is 5.70. The van der Waals surface area contributed by atoms with Gasteiger partial charge < -0.3 is 9.88 Å². The van der Waals surface area contributed by atoms with Crippen LogP contribution in [0.4, 0.5) is 5.95 Å². The van der Waals surface area contributed by atoms with Crippen LogP contribution < -0.4 is 10.9 Å². The summed E-state index contributed by atoms with van der Waals surface area (Å²) in [5, 5.41) is 4.13. The van der Waals surface area contributed by atoms with E-state index in [4.69, 9.17) is 11.6 Å². The number of benzene rings is 1. The van der Waals surface area contributed by atoms with Crippen molar-refractivity contribution in [3.8, 4) is 11.3 Å². The van der Waals surface area contributed by atoms with Crippen LogP contribution in [0, 0.1) is 0 Å². The predicted octanol–water partition coefficient (Wildman–Crippen LogP) is 8.39. The Morgan fingerprint density at radius 1 is 0.971 bits per heavy atom. The van der Waals surface area contributed by atoms with Crippen LogP contribution in [0.25, 0.3) is 11.3 Å². The largest absolute Gasteiger partial charge is 0.351 e. The molecule has 0 saturated carbocycles. The third kappa shape index (κ3) is 9.14. The van der Waals surface area contributed by atoms with E-state index in [2.05, 4.69) is 36.1 Å². The smallest absolute Gasteiger partial charge is 0.251 e. The van der Waals surface area contributed by atoms with Crippen molar-refractivity contribution in [3.05, 3.63) is 75.8 Å². The van der Waals surface area contributed by atoms with Crippen molar-refractivity contribution in [2.75, 3.05) is 5.32 Å². The molecule has 1 N–H and O–H groups in total. The molecule has 0 saturated heterocycles. The monoisotopic (exact) mass is 498 g/mol. The fourth-order valence-corrected chi connectivity index (χ4v) is 4.17. The van der Waals surface area contributed by atoms with Gasteiger partial charge in [-0.15, -0.1) is 0 Å². The second kappa shape index (κ2) is 16.9. The van der Waals surface area contributed by atoms with E-state index >= 15 is 0 Å². The average Bonchev–Trinajstić information content (AvgIpc) is 2.88. The van der Waals surface area contributed by atoms with Crippen LogP contribution in [-0.2, 0) is 0 Å².